The molecule has 3 heterocycles. The number of furan rings is 1. The standard InChI is InChI=1S/C40H24N2O/c1-2-11-26-22-27(21-20-25(26)10-1)41-34-16-7-4-14-30(34)40-35(41)17-9-18-36(40)42-33-15-6-3-12-28(33)31-24-39-32(23-37(31)42)29-13-5-8-19-38(29)43-39/h1-24H. The van der Waals surface area contributed by atoms with Crippen LogP contribution in [0.3, 0.4) is 0 Å². The number of nitrogens with zero attached hydrogens (tertiary/aromatic N) is 2. The molecule has 7 aromatic carbocycles. The molecule has 10 rings (SSSR count). The van der Waals surface area contributed by atoms with Crippen LogP contribution in [0.15, 0.2) is 150 Å². The quantitative estimate of drug-likeness (QED) is 0.211. The third-order valence-corrected chi connectivity index (χ3v) is 9.08. The summed E-state index contributed by atoms with van der Waals surface area (Å²) in [4.78, 5) is 0. The summed E-state index contributed by atoms with van der Waals surface area (Å²) in [6.45, 7) is 0. The van der Waals surface area contributed by atoms with Crippen LogP contribution < -0.4 is 0 Å². The first-order valence-corrected chi connectivity index (χ1v) is 14.7. The Bertz CT molecular complexity index is 2740. The maximum Gasteiger partial charge on any atom is 0.136 e. The molecule has 0 saturated heterocycles. The van der Waals surface area contributed by atoms with Crippen LogP contribution in [-0.4, -0.2) is 9.13 Å². The van der Waals surface area contributed by atoms with Crippen molar-refractivity contribution < 1.29 is 4.42 Å². The van der Waals surface area contributed by atoms with Gasteiger partial charge in [-0.15, -0.1) is 0 Å². The van der Waals surface area contributed by atoms with Crippen LogP contribution >= 0.6 is 0 Å². The van der Waals surface area contributed by atoms with E-state index < -0.39 is 0 Å². The minimum absolute atomic E-state index is 0.918. The monoisotopic (exact) mass is 548 g/mol. The molecule has 10 aromatic rings. The molecule has 0 radical (unpaired) electrons. The van der Waals surface area contributed by atoms with Crippen molar-refractivity contribution in [3.05, 3.63) is 146 Å². The van der Waals surface area contributed by atoms with E-state index >= 15 is 0 Å². The number of para-hydroxylation sites is 3. The molecule has 43 heavy (non-hydrogen) atoms. The van der Waals surface area contributed by atoms with Gasteiger partial charge in [-0.25, -0.2) is 0 Å². The Labute approximate surface area is 246 Å². The van der Waals surface area contributed by atoms with E-state index in [1.807, 2.05) is 6.07 Å². The van der Waals surface area contributed by atoms with Gasteiger partial charge in [0.15, 0.2) is 0 Å². The molecule has 0 bridgehead atoms. The van der Waals surface area contributed by atoms with Crippen LogP contribution in [0.5, 0.6) is 0 Å². The molecule has 0 aliphatic carbocycles. The minimum atomic E-state index is 0.918. The summed E-state index contributed by atoms with van der Waals surface area (Å²) in [6.07, 6.45) is 0. The highest BCUT2D eigenvalue weighted by molar-refractivity contribution is 6.19. The Morgan fingerprint density at radius 2 is 1.07 bits per heavy atom. The Morgan fingerprint density at radius 1 is 0.372 bits per heavy atom. The second-order valence-electron chi connectivity index (χ2n) is 11.4. The van der Waals surface area contributed by atoms with E-state index in [1.54, 1.807) is 0 Å². The van der Waals surface area contributed by atoms with Crippen molar-refractivity contribution in [1.82, 2.24) is 9.13 Å². The fourth-order valence-corrected chi connectivity index (χ4v) is 7.23. The van der Waals surface area contributed by atoms with Crippen LogP contribution in [0.2, 0.25) is 0 Å². The minimum Gasteiger partial charge on any atom is -0.456 e. The zero-order valence-corrected chi connectivity index (χ0v) is 23.2. The fourth-order valence-electron chi connectivity index (χ4n) is 7.23. The average Bonchev–Trinajstić information content (AvgIpc) is 3.71. The summed E-state index contributed by atoms with van der Waals surface area (Å²) < 4.78 is 11.2. The van der Waals surface area contributed by atoms with Crippen molar-refractivity contribution in [2.24, 2.45) is 0 Å². The lowest BCUT2D eigenvalue weighted by atomic mass is 10.1. The van der Waals surface area contributed by atoms with Gasteiger partial charge in [0.05, 0.1) is 27.8 Å². The Hall–Kier alpha value is -5.80. The predicted molar refractivity (Wildman–Crippen MR) is 180 cm³/mol. The normalized spacial score (nSPS) is 12.2. The fraction of sp³-hybridized carbons (Fsp3) is 0. The van der Waals surface area contributed by atoms with Crippen LogP contribution in [0.4, 0.5) is 0 Å². The first kappa shape index (κ1) is 22.8. The first-order chi connectivity index (χ1) is 21.3. The summed E-state index contributed by atoms with van der Waals surface area (Å²) in [5, 5.41) is 9.65. The van der Waals surface area contributed by atoms with Crippen LogP contribution in [0.25, 0.3) is 87.7 Å². The molecule has 0 spiro atoms. The van der Waals surface area contributed by atoms with E-state index in [-0.39, 0.29) is 0 Å². The van der Waals surface area contributed by atoms with Gasteiger partial charge < -0.3 is 13.6 Å². The van der Waals surface area contributed by atoms with Crippen molar-refractivity contribution in [1.29, 1.82) is 0 Å². The molecule has 0 amide bonds. The van der Waals surface area contributed by atoms with Gasteiger partial charge in [0.25, 0.3) is 0 Å². The van der Waals surface area contributed by atoms with E-state index in [0.717, 1.165) is 27.6 Å². The van der Waals surface area contributed by atoms with Gasteiger partial charge in [-0.2, -0.15) is 0 Å². The predicted octanol–water partition coefficient (Wildman–Crippen LogP) is 10.9. The molecule has 0 saturated carbocycles. The van der Waals surface area contributed by atoms with Crippen molar-refractivity contribution >= 4 is 76.3 Å². The lowest BCUT2D eigenvalue weighted by Crippen LogP contribution is -1.96. The zero-order valence-electron chi connectivity index (χ0n) is 23.2. The van der Waals surface area contributed by atoms with Crippen LogP contribution in [-0.2, 0) is 0 Å². The van der Waals surface area contributed by atoms with Crippen molar-refractivity contribution in [3.63, 3.8) is 0 Å². The van der Waals surface area contributed by atoms with Gasteiger partial charge in [0.1, 0.15) is 11.2 Å². The molecule has 3 heteroatoms. The van der Waals surface area contributed by atoms with E-state index in [4.69, 9.17) is 4.42 Å². The zero-order chi connectivity index (χ0) is 28.1. The van der Waals surface area contributed by atoms with Crippen LogP contribution in [0, 0.1) is 0 Å². The smallest absolute Gasteiger partial charge is 0.136 e. The van der Waals surface area contributed by atoms with E-state index in [2.05, 4.69) is 149 Å². The molecule has 0 aliphatic heterocycles. The SMILES string of the molecule is c1ccc2cc(-n3c4ccccc4c4c(-n5c6ccccc6c6cc7oc8ccccc8c7cc65)cccc43)ccc2c1. The maximum atomic E-state index is 6.32. The third kappa shape index (κ3) is 3.08. The number of fused-ring (bicyclic) bond motifs is 10. The van der Waals surface area contributed by atoms with Crippen molar-refractivity contribution in [2.45, 2.75) is 0 Å². The van der Waals surface area contributed by atoms with Gasteiger partial charge in [0, 0.05) is 38.0 Å². The first-order valence-electron chi connectivity index (χ1n) is 14.7. The maximum absolute atomic E-state index is 6.32. The summed E-state index contributed by atoms with van der Waals surface area (Å²) in [5.41, 5.74) is 8.92. The molecule has 200 valence electrons. The second kappa shape index (κ2) is 8.37. The molecular weight excluding hydrogens is 524 g/mol. The Balaban J connectivity index is 1.35. The number of aromatic nitrogens is 2. The molecule has 0 N–H and O–H groups in total. The molecule has 0 fully saturated rings. The summed E-state index contributed by atoms with van der Waals surface area (Å²) in [7, 11) is 0. The highest BCUT2D eigenvalue weighted by Gasteiger charge is 2.20. The summed E-state index contributed by atoms with van der Waals surface area (Å²) in [5.74, 6) is 0. The highest BCUT2D eigenvalue weighted by atomic mass is 16.3. The molecule has 0 unspecified atom stereocenters. The van der Waals surface area contributed by atoms with Crippen molar-refractivity contribution in [3.8, 4) is 11.4 Å². The van der Waals surface area contributed by atoms with Gasteiger partial charge >= 0.3 is 0 Å². The Morgan fingerprint density at radius 3 is 1.95 bits per heavy atom. The number of rotatable bonds is 2. The van der Waals surface area contributed by atoms with Gasteiger partial charge in [-0.05, 0) is 65.4 Å². The van der Waals surface area contributed by atoms with Crippen molar-refractivity contribution in [2.75, 3.05) is 0 Å². The lowest BCUT2D eigenvalue weighted by Gasteiger charge is -2.12. The highest BCUT2D eigenvalue weighted by Crippen LogP contribution is 2.42. The number of hydrogen-bond donors (Lipinski definition) is 0. The number of benzene rings is 7. The Kier molecular flexibility index (Phi) is 4.45. The topological polar surface area (TPSA) is 23.0 Å². The molecule has 0 atom stereocenters. The molecule has 3 nitrogen and oxygen atoms in total. The van der Waals surface area contributed by atoms with E-state index in [9.17, 15) is 0 Å². The number of hydrogen-bond acceptors (Lipinski definition) is 1. The third-order valence-electron chi connectivity index (χ3n) is 9.08. The van der Waals surface area contributed by atoms with E-state index in [1.165, 1.54) is 60.1 Å². The molecular formula is C40H24N2O. The largest absolute Gasteiger partial charge is 0.456 e. The average molecular weight is 549 g/mol. The molecule has 3 aromatic heterocycles. The molecule has 0 aliphatic rings. The summed E-state index contributed by atoms with van der Waals surface area (Å²) >= 11 is 0. The lowest BCUT2D eigenvalue weighted by molar-refractivity contribution is 0.669. The van der Waals surface area contributed by atoms with E-state index in [0.29, 0.717) is 0 Å². The second-order valence-corrected chi connectivity index (χ2v) is 11.4. The van der Waals surface area contributed by atoms with Crippen LogP contribution in [0.1, 0.15) is 0 Å². The van der Waals surface area contributed by atoms with Gasteiger partial charge in [0.2, 0.25) is 0 Å². The van der Waals surface area contributed by atoms with Gasteiger partial charge in [-0.3, -0.25) is 0 Å². The summed E-state index contributed by atoms with van der Waals surface area (Å²) in [6, 6.07) is 52.4. The van der Waals surface area contributed by atoms with Gasteiger partial charge in [-0.1, -0.05) is 91.0 Å².